The molecule has 2 aromatic carbocycles. The second kappa shape index (κ2) is 13.7. The molecule has 0 radical (unpaired) electrons. The number of halogens is 2. The summed E-state index contributed by atoms with van der Waals surface area (Å²) in [4.78, 5) is 26.9. The summed E-state index contributed by atoms with van der Waals surface area (Å²) in [5, 5.41) is 11.1. The second-order valence-electron chi connectivity index (χ2n) is 8.73. The molecule has 8 nitrogen and oxygen atoms in total. The number of benzene rings is 2. The smallest absolute Gasteiger partial charge is 0.269 e. The maximum atomic E-state index is 13.5. The fourth-order valence-corrected chi connectivity index (χ4v) is 3.70. The quantitative estimate of drug-likeness (QED) is 0.278. The topological polar surface area (TPSA) is 100 Å². The lowest BCUT2D eigenvalue weighted by molar-refractivity contribution is -0.157. The van der Waals surface area contributed by atoms with Crippen LogP contribution in [0.3, 0.4) is 0 Å². The van der Waals surface area contributed by atoms with Crippen molar-refractivity contribution in [2.45, 2.75) is 31.5 Å². The van der Waals surface area contributed by atoms with Crippen LogP contribution in [0.1, 0.15) is 34.0 Å². The van der Waals surface area contributed by atoms with Crippen molar-refractivity contribution in [1.82, 2.24) is 15.7 Å². The van der Waals surface area contributed by atoms with E-state index in [-0.39, 0.29) is 5.56 Å². The molecular formula is C28H29F2N3O5. The fourth-order valence-electron chi connectivity index (χ4n) is 3.70. The molecule has 10 heteroatoms. The molecule has 3 N–H and O–H groups in total. The number of ether oxygens (including phenoxy) is 2. The number of hydrogen-bond donors (Lipinski definition) is 3. The Morgan fingerprint density at radius 1 is 1.05 bits per heavy atom. The minimum Gasteiger partial charge on any atom is -0.379 e. The van der Waals surface area contributed by atoms with Crippen molar-refractivity contribution in [2.24, 2.45) is 0 Å². The molecule has 2 amide bonds. The molecule has 2 atom stereocenters. The van der Waals surface area contributed by atoms with Crippen LogP contribution in [0.5, 0.6) is 0 Å². The Morgan fingerprint density at radius 3 is 2.11 bits per heavy atom. The monoisotopic (exact) mass is 525 g/mol. The predicted octanol–water partition coefficient (Wildman–Crippen LogP) is 2.20. The summed E-state index contributed by atoms with van der Waals surface area (Å²) in [6, 6.07) is 12.1. The number of methoxy groups -OCH3 is 1. The minimum atomic E-state index is -3.12. The maximum Gasteiger partial charge on any atom is 0.269 e. The molecule has 200 valence electrons. The minimum absolute atomic E-state index is 0.0993. The van der Waals surface area contributed by atoms with Gasteiger partial charge in [0.15, 0.2) is 5.60 Å². The van der Waals surface area contributed by atoms with Gasteiger partial charge < -0.3 is 14.8 Å². The SMILES string of the molecule is COC(C)(C(F)F)C(NC(=O)c1ccc(C#CC#Cc2ccc(CN3CCOCC3)cc2)cc1)C(=O)NO. The summed E-state index contributed by atoms with van der Waals surface area (Å²) in [6.45, 7) is 5.20. The first kappa shape index (κ1) is 28.8. The molecule has 2 aromatic rings. The molecule has 1 aliphatic rings. The molecule has 2 unspecified atom stereocenters. The Hall–Kier alpha value is -3.80. The molecule has 1 fully saturated rings. The van der Waals surface area contributed by atoms with Gasteiger partial charge in [-0.25, -0.2) is 14.3 Å². The first-order valence-corrected chi connectivity index (χ1v) is 11.9. The van der Waals surface area contributed by atoms with E-state index in [1.807, 2.05) is 24.3 Å². The highest BCUT2D eigenvalue weighted by Crippen LogP contribution is 2.24. The molecule has 3 rings (SSSR count). The van der Waals surface area contributed by atoms with Gasteiger partial charge in [0.1, 0.15) is 6.04 Å². The van der Waals surface area contributed by atoms with Crippen LogP contribution in [0.15, 0.2) is 48.5 Å². The van der Waals surface area contributed by atoms with E-state index in [0.717, 1.165) is 52.4 Å². The summed E-state index contributed by atoms with van der Waals surface area (Å²) >= 11 is 0. The van der Waals surface area contributed by atoms with Crippen LogP contribution < -0.4 is 10.8 Å². The normalized spacial score (nSPS) is 15.7. The van der Waals surface area contributed by atoms with Crippen molar-refractivity contribution >= 4 is 11.8 Å². The van der Waals surface area contributed by atoms with Crippen molar-refractivity contribution in [1.29, 1.82) is 0 Å². The third-order valence-corrected chi connectivity index (χ3v) is 6.18. The number of amides is 2. The first-order valence-electron chi connectivity index (χ1n) is 11.9. The number of nitrogens with zero attached hydrogens (tertiary/aromatic N) is 1. The molecule has 1 heterocycles. The molecule has 1 saturated heterocycles. The van der Waals surface area contributed by atoms with Crippen molar-refractivity contribution in [3.63, 3.8) is 0 Å². The number of alkyl halides is 2. The van der Waals surface area contributed by atoms with Crippen molar-refractivity contribution in [3.05, 3.63) is 70.8 Å². The van der Waals surface area contributed by atoms with Crippen LogP contribution in [0.2, 0.25) is 0 Å². The zero-order chi connectivity index (χ0) is 27.5. The third kappa shape index (κ3) is 7.60. The summed E-state index contributed by atoms with van der Waals surface area (Å²) in [6.07, 6.45) is -3.12. The van der Waals surface area contributed by atoms with E-state index in [2.05, 4.69) is 33.9 Å². The predicted molar refractivity (Wildman–Crippen MR) is 135 cm³/mol. The number of carbonyl (C=O) groups is 2. The zero-order valence-corrected chi connectivity index (χ0v) is 21.1. The van der Waals surface area contributed by atoms with E-state index in [0.29, 0.717) is 5.56 Å². The second-order valence-corrected chi connectivity index (χ2v) is 8.73. The summed E-state index contributed by atoms with van der Waals surface area (Å²) in [5.41, 5.74) is 1.64. The van der Waals surface area contributed by atoms with Gasteiger partial charge in [-0.1, -0.05) is 24.0 Å². The highest BCUT2D eigenvalue weighted by molar-refractivity contribution is 5.97. The van der Waals surface area contributed by atoms with E-state index in [1.165, 1.54) is 23.2 Å². The van der Waals surface area contributed by atoms with Gasteiger partial charge in [0.25, 0.3) is 18.2 Å². The number of morpholine rings is 1. The summed E-state index contributed by atoms with van der Waals surface area (Å²) in [5.74, 6) is 9.37. The van der Waals surface area contributed by atoms with Gasteiger partial charge in [-0.15, -0.1) is 0 Å². The Kier molecular flexibility index (Phi) is 10.3. The van der Waals surface area contributed by atoms with Gasteiger partial charge >= 0.3 is 0 Å². The van der Waals surface area contributed by atoms with Crippen molar-refractivity contribution in [2.75, 3.05) is 33.4 Å². The van der Waals surface area contributed by atoms with Crippen LogP contribution in [-0.4, -0.2) is 73.4 Å². The lowest BCUT2D eigenvalue weighted by Gasteiger charge is -2.34. The third-order valence-electron chi connectivity index (χ3n) is 6.18. The summed E-state index contributed by atoms with van der Waals surface area (Å²) < 4.78 is 37.2. The van der Waals surface area contributed by atoms with E-state index < -0.39 is 29.9 Å². The molecule has 0 spiro atoms. The first-order chi connectivity index (χ1) is 18.3. The standard InChI is InChI=1S/C28H29F2N3O5/c1-28(37-2,27(29)30)24(26(35)32-36)31-25(34)23-13-11-21(12-14-23)6-4-3-5-20-7-9-22(10-8-20)19-33-15-17-38-18-16-33/h7-14,24,27,36H,15-19H2,1-2H3,(H,31,34)(H,32,35). The van der Waals surface area contributed by atoms with E-state index in [1.54, 1.807) is 12.1 Å². The average Bonchev–Trinajstić information content (AvgIpc) is 2.94. The molecule has 0 aromatic heterocycles. The highest BCUT2D eigenvalue weighted by Gasteiger charge is 2.48. The van der Waals surface area contributed by atoms with Crippen LogP contribution in [0, 0.1) is 23.7 Å². The Labute approximate surface area is 220 Å². The van der Waals surface area contributed by atoms with Gasteiger partial charge in [0, 0.05) is 43.4 Å². The maximum absolute atomic E-state index is 13.5. The molecule has 1 aliphatic heterocycles. The Bertz CT molecular complexity index is 1220. The van der Waals surface area contributed by atoms with Gasteiger partial charge in [-0.3, -0.25) is 19.7 Å². The largest absolute Gasteiger partial charge is 0.379 e. The summed E-state index contributed by atoms with van der Waals surface area (Å²) in [7, 11) is 0.980. The number of carbonyl (C=O) groups excluding carboxylic acids is 2. The van der Waals surface area contributed by atoms with Crippen LogP contribution in [0.4, 0.5) is 8.78 Å². The van der Waals surface area contributed by atoms with Gasteiger partial charge in [0.05, 0.1) is 13.2 Å². The Morgan fingerprint density at radius 2 is 1.61 bits per heavy atom. The van der Waals surface area contributed by atoms with E-state index in [9.17, 15) is 18.4 Å². The van der Waals surface area contributed by atoms with Crippen LogP contribution in [0.25, 0.3) is 0 Å². The number of hydroxylamine groups is 1. The van der Waals surface area contributed by atoms with Crippen LogP contribution >= 0.6 is 0 Å². The zero-order valence-electron chi connectivity index (χ0n) is 21.1. The molecule has 38 heavy (non-hydrogen) atoms. The van der Waals surface area contributed by atoms with Gasteiger partial charge in [0.2, 0.25) is 0 Å². The van der Waals surface area contributed by atoms with Crippen molar-refractivity contribution in [3.8, 4) is 23.7 Å². The van der Waals surface area contributed by atoms with Crippen LogP contribution in [-0.2, 0) is 20.8 Å². The lowest BCUT2D eigenvalue weighted by atomic mass is 9.95. The van der Waals surface area contributed by atoms with E-state index >= 15 is 0 Å². The average molecular weight is 526 g/mol. The highest BCUT2D eigenvalue weighted by atomic mass is 19.3. The lowest BCUT2D eigenvalue weighted by Crippen LogP contribution is -2.62. The molecule has 0 bridgehead atoms. The van der Waals surface area contributed by atoms with Crippen molar-refractivity contribution < 1.29 is 33.1 Å². The number of rotatable bonds is 8. The van der Waals surface area contributed by atoms with E-state index in [4.69, 9.17) is 14.7 Å². The number of hydrogen-bond acceptors (Lipinski definition) is 6. The molecule has 0 aliphatic carbocycles. The van der Waals surface area contributed by atoms with Gasteiger partial charge in [-0.05, 0) is 60.7 Å². The molecule has 0 saturated carbocycles. The Balaban J connectivity index is 1.60. The fraction of sp³-hybridized carbons (Fsp3) is 0.357. The number of nitrogens with one attached hydrogen (secondary N) is 2. The van der Waals surface area contributed by atoms with Gasteiger partial charge in [-0.2, -0.15) is 0 Å². The molecular weight excluding hydrogens is 496 g/mol.